The molecule has 2 aromatic rings. The van der Waals surface area contributed by atoms with Gasteiger partial charge in [-0.05, 0) is 30.3 Å². The monoisotopic (exact) mass is 345 g/mol. The molecule has 0 aliphatic carbocycles. The van der Waals surface area contributed by atoms with Crippen LogP contribution in [0.1, 0.15) is 39.4 Å². The molecule has 0 radical (unpaired) electrons. The highest BCUT2D eigenvalue weighted by Crippen LogP contribution is 2.38. The molecule has 0 spiro atoms. The first-order chi connectivity index (χ1) is 11.4. The second-order valence-electron chi connectivity index (χ2n) is 5.24. The molecule has 1 aliphatic heterocycles. The van der Waals surface area contributed by atoms with Crippen molar-refractivity contribution in [1.82, 2.24) is 0 Å². The molecule has 6 nitrogen and oxygen atoms in total. The third kappa shape index (κ3) is 2.72. The lowest BCUT2D eigenvalue weighted by molar-refractivity contribution is -0.118. The molecule has 1 N–H and O–H groups in total. The van der Waals surface area contributed by atoms with Gasteiger partial charge in [0.1, 0.15) is 0 Å². The summed E-state index contributed by atoms with van der Waals surface area (Å²) in [5, 5.41) is 9.59. The Morgan fingerprint density at radius 3 is 2.58 bits per heavy atom. The van der Waals surface area contributed by atoms with Crippen LogP contribution in [0.5, 0.6) is 0 Å². The summed E-state index contributed by atoms with van der Waals surface area (Å²) in [4.78, 5) is 36.9. The summed E-state index contributed by atoms with van der Waals surface area (Å²) in [6, 6.07) is 10.5. The van der Waals surface area contributed by atoms with Gasteiger partial charge in [0.2, 0.25) is 12.1 Å². The van der Waals surface area contributed by atoms with Crippen molar-refractivity contribution in [1.29, 1.82) is 0 Å². The third-order valence-electron chi connectivity index (χ3n) is 3.65. The van der Waals surface area contributed by atoms with Crippen LogP contribution in [-0.2, 0) is 9.53 Å². The number of esters is 1. The van der Waals surface area contributed by atoms with Crippen molar-refractivity contribution in [2.75, 3.05) is 4.90 Å². The lowest BCUT2D eigenvalue weighted by atomic mass is 10.0. The Morgan fingerprint density at radius 1 is 1.21 bits per heavy atom. The Bertz CT molecular complexity index is 864. The summed E-state index contributed by atoms with van der Waals surface area (Å²) in [5.74, 6) is -2.18. The first-order valence-electron chi connectivity index (χ1n) is 7.02. The number of halogens is 1. The summed E-state index contributed by atoms with van der Waals surface area (Å²) >= 11 is 5.97. The van der Waals surface area contributed by atoms with Crippen LogP contribution in [0.2, 0.25) is 5.02 Å². The minimum absolute atomic E-state index is 0.0282. The SMILES string of the molecule is CC(=O)N1c2cc(C(=O)O)ccc2C(=O)OC1c1cccc(Cl)c1. The van der Waals surface area contributed by atoms with Gasteiger partial charge in [0.25, 0.3) is 0 Å². The molecular formula is C17H12ClNO5. The molecule has 122 valence electrons. The zero-order chi connectivity index (χ0) is 17.4. The summed E-state index contributed by atoms with van der Waals surface area (Å²) in [7, 11) is 0. The Balaban J connectivity index is 2.17. The topological polar surface area (TPSA) is 83.9 Å². The highest BCUT2D eigenvalue weighted by molar-refractivity contribution is 6.30. The van der Waals surface area contributed by atoms with Crippen molar-refractivity contribution in [3.8, 4) is 0 Å². The molecule has 1 aliphatic rings. The van der Waals surface area contributed by atoms with E-state index in [1.807, 2.05) is 0 Å². The molecule has 0 bridgehead atoms. The molecule has 7 heteroatoms. The number of ether oxygens (including phenoxy) is 1. The molecular weight excluding hydrogens is 334 g/mol. The van der Waals surface area contributed by atoms with Crippen LogP contribution in [0.3, 0.4) is 0 Å². The summed E-state index contributed by atoms with van der Waals surface area (Å²) in [5.41, 5.74) is 0.814. The van der Waals surface area contributed by atoms with E-state index in [1.54, 1.807) is 24.3 Å². The van der Waals surface area contributed by atoms with E-state index in [0.29, 0.717) is 10.6 Å². The van der Waals surface area contributed by atoms with E-state index in [1.165, 1.54) is 30.0 Å². The van der Waals surface area contributed by atoms with Gasteiger partial charge in [-0.3, -0.25) is 9.69 Å². The van der Waals surface area contributed by atoms with Crippen LogP contribution < -0.4 is 4.90 Å². The van der Waals surface area contributed by atoms with Gasteiger partial charge in [0.15, 0.2) is 0 Å². The number of cyclic esters (lactones) is 1. The van der Waals surface area contributed by atoms with Gasteiger partial charge in [0.05, 0.1) is 16.8 Å². The van der Waals surface area contributed by atoms with Crippen molar-refractivity contribution >= 4 is 35.1 Å². The molecule has 1 heterocycles. The number of fused-ring (bicyclic) bond motifs is 1. The molecule has 24 heavy (non-hydrogen) atoms. The average molecular weight is 346 g/mol. The van der Waals surface area contributed by atoms with E-state index < -0.39 is 24.1 Å². The largest absolute Gasteiger partial charge is 0.478 e. The number of carboxylic acids is 1. The van der Waals surface area contributed by atoms with Crippen LogP contribution in [0.25, 0.3) is 0 Å². The summed E-state index contributed by atoms with van der Waals surface area (Å²) < 4.78 is 5.39. The molecule has 1 atom stereocenters. The van der Waals surface area contributed by atoms with Gasteiger partial charge in [-0.25, -0.2) is 9.59 Å². The Kier molecular flexibility index (Phi) is 3.99. The zero-order valence-electron chi connectivity index (χ0n) is 12.5. The van der Waals surface area contributed by atoms with Crippen molar-refractivity contribution in [2.24, 2.45) is 0 Å². The van der Waals surface area contributed by atoms with Crippen LogP contribution in [-0.4, -0.2) is 23.0 Å². The highest BCUT2D eigenvalue weighted by Gasteiger charge is 2.36. The predicted octanol–water partition coefficient (Wildman–Crippen LogP) is 3.26. The van der Waals surface area contributed by atoms with E-state index >= 15 is 0 Å². The predicted molar refractivity (Wildman–Crippen MR) is 86.2 cm³/mol. The van der Waals surface area contributed by atoms with Crippen LogP contribution in [0.4, 0.5) is 5.69 Å². The van der Waals surface area contributed by atoms with Crippen molar-refractivity contribution in [2.45, 2.75) is 13.2 Å². The van der Waals surface area contributed by atoms with Gasteiger partial charge in [-0.1, -0.05) is 23.7 Å². The van der Waals surface area contributed by atoms with Crippen molar-refractivity contribution in [3.05, 3.63) is 64.2 Å². The van der Waals surface area contributed by atoms with E-state index in [0.717, 1.165) is 0 Å². The maximum absolute atomic E-state index is 12.3. The lowest BCUT2D eigenvalue weighted by Crippen LogP contribution is -2.40. The number of hydrogen-bond donors (Lipinski definition) is 1. The lowest BCUT2D eigenvalue weighted by Gasteiger charge is -2.36. The van der Waals surface area contributed by atoms with Crippen molar-refractivity contribution < 1.29 is 24.2 Å². The number of amides is 1. The standard InChI is InChI=1S/C17H12ClNO5/c1-9(20)19-14-8-11(16(21)22)5-6-13(14)17(23)24-15(19)10-3-2-4-12(18)7-10/h2-8,15H,1H3,(H,21,22). The van der Waals surface area contributed by atoms with Gasteiger partial charge >= 0.3 is 11.9 Å². The second kappa shape index (κ2) is 5.98. The van der Waals surface area contributed by atoms with Crippen LogP contribution in [0, 0.1) is 0 Å². The fourth-order valence-electron chi connectivity index (χ4n) is 2.59. The minimum Gasteiger partial charge on any atom is -0.478 e. The number of hydrogen-bond acceptors (Lipinski definition) is 4. The normalized spacial score (nSPS) is 16.3. The third-order valence-corrected chi connectivity index (χ3v) is 3.89. The molecule has 2 aromatic carbocycles. The maximum atomic E-state index is 12.3. The number of nitrogens with zero attached hydrogens (tertiary/aromatic N) is 1. The Hall–Kier alpha value is -2.86. The van der Waals surface area contributed by atoms with E-state index in [-0.39, 0.29) is 16.8 Å². The zero-order valence-corrected chi connectivity index (χ0v) is 13.3. The number of carbonyl (C=O) groups is 3. The van der Waals surface area contributed by atoms with E-state index in [4.69, 9.17) is 21.4 Å². The smallest absolute Gasteiger partial charge is 0.342 e. The molecule has 0 saturated carbocycles. The van der Waals surface area contributed by atoms with Gasteiger partial charge in [-0.2, -0.15) is 0 Å². The van der Waals surface area contributed by atoms with E-state index in [2.05, 4.69) is 0 Å². The van der Waals surface area contributed by atoms with E-state index in [9.17, 15) is 14.4 Å². The number of aromatic carboxylic acids is 1. The molecule has 1 amide bonds. The summed E-state index contributed by atoms with van der Waals surface area (Å²) in [6.45, 7) is 1.31. The second-order valence-corrected chi connectivity index (χ2v) is 5.68. The highest BCUT2D eigenvalue weighted by atomic mass is 35.5. The van der Waals surface area contributed by atoms with Crippen LogP contribution in [0.15, 0.2) is 42.5 Å². The average Bonchev–Trinajstić information content (AvgIpc) is 2.53. The van der Waals surface area contributed by atoms with Gasteiger partial charge in [-0.15, -0.1) is 0 Å². The molecule has 1 unspecified atom stereocenters. The van der Waals surface area contributed by atoms with Gasteiger partial charge in [0, 0.05) is 17.5 Å². The summed E-state index contributed by atoms with van der Waals surface area (Å²) in [6.07, 6.45) is -1.01. The molecule has 0 aromatic heterocycles. The fourth-order valence-corrected chi connectivity index (χ4v) is 2.79. The fraction of sp³-hybridized carbons (Fsp3) is 0.118. The number of anilines is 1. The molecule has 0 fully saturated rings. The first-order valence-corrected chi connectivity index (χ1v) is 7.40. The number of carbonyl (C=O) groups excluding carboxylic acids is 2. The molecule has 0 saturated heterocycles. The Labute approximate surface area is 142 Å². The number of rotatable bonds is 2. The minimum atomic E-state index is -1.15. The maximum Gasteiger partial charge on any atom is 0.342 e. The Morgan fingerprint density at radius 2 is 1.96 bits per heavy atom. The molecule has 3 rings (SSSR count). The van der Waals surface area contributed by atoms with Crippen LogP contribution >= 0.6 is 11.6 Å². The van der Waals surface area contributed by atoms with Crippen molar-refractivity contribution in [3.63, 3.8) is 0 Å². The van der Waals surface area contributed by atoms with Gasteiger partial charge < -0.3 is 9.84 Å². The number of benzene rings is 2. The quantitative estimate of drug-likeness (QED) is 0.844. The number of carboxylic acid groups (broad SMARTS) is 1. The first kappa shape index (κ1) is 16.0.